The number of hydrogen-bond acceptors (Lipinski definition) is 3. The fourth-order valence-corrected chi connectivity index (χ4v) is 1.22. The van der Waals surface area contributed by atoms with Crippen molar-refractivity contribution in [1.29, 1.82) is 0 Å². The van der Waals surface area contributed by atoms with Gasteiger partial charge in [-0.15, -0.1) is 0 Å². The maximum absolute atomic E-state index is 11.8. The van der Waals surface area contributed by atoms with Crippen molar-refractivity contribution in [1.82, 2.24) is 5.43 Å². The van der Waals surface area contributed by atoms with Crippen LogP contribution in [-0.2, 0) is 0 Å². The van der Waals surface area contributed by atoms with Crippen molar-refractivity contribution >= 4 is 5.84 Å². The summed E-state index contributed by atoms with van der Waals surface area (Å²) >= 11 is 0. The van der Waals surface area contributed by atoms with Gasteiger partial charge in [-0.3, -0.25) is 0 Å². The molecule has 0 fully saturated rings. The van der Waals surface area contributed by atoms with E-state index in [4.69, 9.17) is 10.5 Å². The molecule has 6 heteroatoms. The van der Waals surface area contributed by atoms with E-state index in [2.05, 4.69) is 5.10 Å². The molecule has 1 rings (SSSR count). The summed E-state index contributed by atoms with van der Waals surface area (Å²) in [5.41, 5.74) is 8.53. The molecule has 4 nitrogen and oxygen atoms in total. The van der Waals surface area contributed by atoms with Crippen LogP contribution in [-0.4, -0.2) is 19.5 Å². The van der Waals surface area contributed by atoms with Crippen LogP contribution in [0.3, 0.4) is 0 Å². The number of hydrogen-bond donors (Lipinski definition) is 2. The van der Waals surface area contributed by atoms with E-state index in [0.29, 0.717) is 11.3 Å². The van der Waals surface area contributed by atoms with Gasteiger partial charge in [0.1, 0.15) is 5.75 Å². The molecule has 0 heterocycles. The smallest absolute Gasteiger partial charge is 0.327 e. The summed E-state index contributed by atoms with van der Waals surface area (Å²) in [4.78, 5) is 0. The number of alkyl halides is 2. The Hall–Kier alpha value is -1.85. The number of methoxy groups -OCH3 is 1. The number of benzene rings is 1. The van der Waals surface area contributed by atoms with E-state index in [-0.39, 0.29) is 5.84 Å². The first-order chi connectivity index (χ1) is 7.54. The molecule has 0 aliphatic heterocycles. The molecule has 1 aromatic carbocycles. The molecule has 0 unspecified atom stereocenters. The van der Waals surface area contributed by atoms with Crippen molar-refractivity contribution in [3.63, 3.8) is 0 Å². The van der Waals surface area contributed by atoms with Crippen molar-refractivity contribution < 1.29 is 13.5 Å². The van der Waals surface area contributed by atoms with Crippen LogP contribution in [0.4, 0.5) is 8.78 Å². The van der Waals surface area contributed by atoms with Crippen LogP contribution in [0.5, 0.6) is 5.75 Å². The molecule has 0 bridgehead atoms. The predicted molar refractivity (Wildman–Crippen MR) is 57.6 cm³/mol. The van der Waals surface area contributed by atoms with Gasteiger partial charge in [0, 0.05) is 5.56 Å². The van der Waals surface area contributed by atoms with Crippen LogP contribution in [0.25, 0.3) is 0 Å². The van der Waals surface area contributed by atoms with Gasteiger partial charge >= 0.3 is 6.55 Å². The number of amidine groups is 1. The second-order valence-corrected chi connectivity index (χ2v) is 3.11. The molecule has 1 aromatic rings. The lowest BCUT2D eigenvalue weighted by molar-refractivity contribution is 0.110. The number of hydrazone groups is 1. The van der Waals surface area contributed by atoms with Crippen molar-refractivity contribution in [2.45, 2.75) is 13.5 Å². The summed E-state index contributed by atoms with van der Waals surface area (Å²) < 4.78 is 28.7. The van der Waals surface area contributed by atoms with Crippen LogP contribution >= 0.6 is 0 Å². The average Bonchev–Trinajstić information content (AvgIpc) is 2.25. The Morgan fingerprint density at radius 1 is 1.50 bits per heavy atom. The quantitative estimate of drug-likeness (QED) is 0.355. The van der Waals surface area contributed by atoms with Gasteiger partial charge in [-0.2, -0.15) is 13.9 Å². The second-order valence-electron chi connectivity index (χ2n) is 3.11. The van der Waals surface area contributed by atoms with E-state index in [1.807, 2.05) is 6.92 Å². The number of ether oxygens (including phenoxy) is 1. The Morgan fingerprint density at radius 3 is 2.69 bits per heavy atom. The SMILES string of the molecule is COc1ccc(/C(N)=N/NC(F)F)cc1C. The Morgan fingerprint density at radius 2 is 2.19 bits per heavy atom. The molecule has 88 valence electrons. The first-order valence-corrected chi connectivity index (χ1v) is 4.56. The zero-order valence-electron chi connectivity index (χ0n) is 9.00. The lowest BCUT2D eigenvalue weighted by atomic mass is 10.1. The van der Waals surface area contributed by atoms with E-state index in [1.54, 1.807) is 30.7 Å². The first-order valence-electron chi connectivity index (χ1n) is 4.56. The van der Waals surface area contributed by atoms with Crippen molar-refractivity contribution in [2.24, 2.45) is 10.8 Å². The highest BCUT2D eigenvalue weighted by atomic mass is 19.3. The maximum atomic E-state index is 11.8. The number of nitrogens with two attached hydrogens (primary N) is 1. The van der Waals surface area contributed by atoms with E-state index < -0.39 is 6.55 Å². The lowest BCUT2D eigenvalue weighted by Gasteiger charge is -2.07. The molecule has 0 aliphatic carbocycles. The molecule has 16 heavy (non-hydrogen) atoms. The average molecular weight is 229 g/mol. The van der Waals surface area contributed by atoms with E-state index in [1.165, 1.54) is 0 Å². The molecular formula is C10H13F2N3O. The second kappa shape index (κ2) is 5.29. The third kappa shape index (κ3) is 3.08. The highest BCUT2D eigenvalue weighted by Crippen LogP contribution is 2.18. The number of aryl methyl sites for hydroxylation is 1. The maximum Gasteiger partial charge on any atom is 0.327 e. The van der Waals surface area contributed by atoms with Crippen LogP contribution in [0, 0.1) is 6.92 Å². The van der Waals surface area contributed by atoms with E-state index in [0.717, 1.165) is 5.56 Å². The summed E-state index contributed by atoms with van der Waals surface area (Å²) in [6.07, 6.45) is 0. The van der Waals surface area contributed by atoms with Crippen LogP contribution in [0.1, 0.15) is 11.1 Å². The summed E-state index contributed by atoms with van der Waals surface area (Å²) in [5, 5.41) is 3.34. The monoisotopic (exact) mass is 229 g/mol. The fraction of sp³-hybridized carbons (Fsp3) is 0.300. The fourth-order valence-electron chi connectivity index (χ4n) is 1.22. The van der Waals surface area contributed by atoms with Gasteiger partial charge in [0.25, 0.3) is 0 Å². The zero-order valence-corrected chi connectivity index (χ0v) is 9.00. The molecule has 0 spiro atoms. The third-order valence-corrected chi connectivity index (χ3v) is 1.97. The summed E-state index contributed by atoms with van der Waals surface area (Å²) in [6.45, 7) is -0.895. The summed E-state index contributed by atoms with van der Waals surface area (Å²) in [6, 6.07) is 5.07. The molecule has 0 saturated heterocycles. The topological polar surface area (TPSA) is 59.6 Å². The van der Waals surface area contributed by atoms with Crippen LogP contribution < -0.4 is 15.9 Å². The molecule has 0 radical (unpaired) electrons. The third-order valence-electron chi connectivity index (χ3n) is 1.97. The van der Waals surface area contributed by atoms with Gasteiger partial charge in [-0.25, -0.2) is 5.43 Å². The predicted octanol–water partition coefficient (Wildman–Crippen LogP) is 1.44. The molecule has 0 aromatic heterocycles. The largest absolute Gasteiger partial charge is 0.496 e. The Balaban J connectivity index is 2.88. The van der Waals surface area contributed by atoms with Gasteiger partial charge in [-0.05, 0) is 30.7 Å². The number of halogens is 2. The summed E-state index contributed by atoms with van der Waals surface area (Å²) in [7, 11) is 1.55. The van der Waals surface area contributed by atoms with E-state index in [9.17, 15) is 8.78 Å². The van der Waals surface area contributed by atoms with Crippen LogP contribution in [0.2, 0.25) is 0 Å². The minimum atomic E-state index is -2.72. The Bertz CT molecular complexity index is 394. The molecule has 0 aliphatic rings. The number of nitrogens with one attached hydrogen (secondary N) is 1. The highest BCUT2D eigenvalue weighted by molar-refractivity contribution is 5.97. The zero-order chi connectivity index (χ0) is 12.1. The van der Waals surface area contributed by atoms with Crippen molar-refractivity contribution in [3.8, 4) is 5.75 Å². The number of nitrogens with zero attached hydrogens (tertiary/aromatic N) is 1. The standard InChI is InChI=1S/C10H13F2N3O/c1-6-5-7(3-4-8(6)16-2)9(13)14-15-10(11)12/h3-5,10,15H,1-2H3,(H2,13,14). The van der Waals surface area contributed by atoms with Crippen LogP contribution in [0.15, 0.2) is 23.3 Å². The van der Waals surface area contributed by atoms with E-state index >= 15 is 0 Å². The van der Waals surface area contributed by atoms with Gasteiger partial charge in [0.2, 0.25) is 0 Å². The minimum absolute atomic E-state index is 0.00560. The van der Waals surface area contributed by atoms with Crippen molar-refractivity contribution in [2.75, 3.05) is 7.11 Å². The highest BCUT2D eigenvalue weighted by Gasteiger charge is 2.04. The Kier molecular flexibility index (Phi) is 4.04. The minimum Gasteiger partial charge on any atom is -0.496 e. The van der Waals surface area contributed by atoms with Crippen molar-refractivity contribution in [3.05, 3.63) is 29.3 Å². The van der Waals surface area contributed by atoms with Gasteiger partial charge in [0.05, 0.1) is 7.11 Å². The number of rotatable bonds is 4. The van der Waals surface area contributed by atoms with Gasteiger partial charge in [0.15, 0.2) is 5.84 Å². The summed E-state index contributed by atoms with van der Waals surface area (Å²) in [5.74, 6) is 0.712. The Labute approximate surface area is 92.1 Å². The first kappa shape index (κ1) is 12.2. The molecule has 0 saturated carbocycles. The molecular weight excluding hydrogens is 216 g/mol. The molecule has 0 atom stereocenters. The molecule has 3 N–H and O–H groups in total. The lowest BCUT2D eigenvalue weighted by Crippen LogP contribution is -2.22. The van der Waals surface area contributed by atoms with Gasteiger partial charge in [-0.1, -0.05) is 0 Å². The molecule has 0 amide bonds. The normalized spacial score (nSPS) is 11.7. The van der Waals surface area contributed by atoms with Gasteiger partial charge < -0.3 is 10.5 Å².